The number of hydrogen-bond acceptors (Lipinski definition) is 25. The van der Waals surface area contributed by atoms with E-state index in [0.29, 0.717) is 32.7 Å². The Morgan fingerprint density at radius 2 is 0.657 bits per heavy atom. The van der Waals surface area contributed by atoms with Crippen molar-refractivity contribution in [1.82, 2.24) is 24.9 Å². The van der Waals surface area contributed by atoms with Crippen molar-refractivity contribution in [3.63, 3.8) is 0 Å². The average molecular weight is 2200 g/mol. The maximum Gasteiger partial charge on any atom is 0.516 e. The average Bonchev–Trinajstić information content (AvgIpc) is 0.821. The third-order valence-electron chi connectivity index (χ3n) is 11.7. The maximum atomic E-state index is 12.8. The molecule has 38 heteroatoms. The first-order valence-electron chi connectivity index (χ1n) is 27.2. The van der Waals surface area contributed by atoms with E-state index in [1.807, 2.05) is 0 Å². The van der Waals surface area contributed by atoms with E-state index in [1.54, 1.807) is 84.9 Å². The molecule has 0 aliphatic heterocycles. The summed E-state index contributed by atoms with van der Waals surface area (Å²) in [4.78, 5) is 141. The number of carbonyl (C=O) groups excluding carboxylic acids is 8. The molecule has 102 heavy (non-hydrogen) atoms. The van der Waals surface area contributed by atoms with Crippen molar-refractivity contribution >= 4 is 190 Å². The van der Waals surface area contributed by atoms with E-state index in [9.17, 15) is 67.3 Å². The van der Waals surface area contributed by atoms with E-state index >= 15 is 0 Å². The van der Waals surface area contributed by atoms with E-state index in [4.69, 9.17) is 99.1 Å². The van der Waals surface area contributed by atoms with E-state index in [2.05, 4.69) is 43.9 Å². The van der Waals surface area contributed by atoms with Gasteiger partial charge in [0.25, 0.3) is 0 Å². The number of carboxylic acid groups (broad SMARTS) is 3. The molecule has 5 aromatic carbocycles. The van der Waals surface area contributed by atoms with Crippen molar-refractivity contribution in [2.75, 3.05) is 13.2 Å². The second kappa shape index (κ2) is 42.5. The third kappa shape index (κ3) is 28.3. The molecule has 5 heterocycles. The summed E-state index contributed by atoms with van der Waals surface area (Å²) in [5.74, 6) is -8.12. The van der Waals surface area contributed by atoms with Crippen molar-refractivity contribution < 1.29 is 209 Å². The number of carbonyl (C=O) groups is 11. The Hall–Kier alpha value is -8.05. The van der Waals surface area contributed by atoms with Gasteiger partial charge in [0.15, 0.2) is 28.7 Å². The van der Waals surface area contributed by atoms with Gasteiger partial charge in [-0.3, -0.25) is 48.9 Å². The SMILES string of the molecule is CC(=O)OC(C)=O.CC(=O)Oc1c(C(=O)F)ccc2cccnc12.CC(=O)Oc1c(C(=O)O)ccc2cccnc12.O=C(O)c1ccc2cccnc2c1O.O=C(O)c1ccc2cccnc2c1O.O=C(OCC(Cl)(Cl)Cl)OC(=O)c1ccc2cccnc2c1OC(=O)OCC(Cl)(Cl)Cl.[U].[U].[U]. The normalized spacial score (nSPS) is 10.2. The summed E-state index contributed by atoms with van der Waals surface area (Å²) in [6.07, 6.45) is 4.64. The summed E-state index contributed by atoms with van der Waals surface area (Å²) >= 11 is 32.9. The van der Waals surface area contributed by atoms with Gasteiger partial charge in [-0.15, -0.1) is 0 Å². The summed E-state index contributed by atoms with van der Waals surface area (Å²) in [7, 11) is 0. The van der Waals surface area contributed by atoms with Crippen LogP contribution in [-0.4, -0.2) is 137 Å². The second-order valence-electron chi connectivity index (χ2n) is 18.9. The number of hydrogen-bond donors (Lipinski definition) is 5. The first-order valence-corrected chi connectivity index (χ1v) is 29.4. The van der Waals surface area contributed by atoms with Crippen molar-refractivity contribution in [3.8, 4) is 28.7 Å². The molecule has 0 spiro atoms. The molecular formula is C64H46Cl6FN5O23U3. The minimum atomic E-state index is -1.91. The Bertz CT molecular complexity index is 4550. The van der Waals surface area contributed by atoms with Gasteiger partial charge in [-0.25, -0.2) is 28.8 Å². The van der Waals surface area contributed by atoms with E-state index in [0.717, 1.165) is 10.8 Å². The molecular weight excluding hydrogens is 2150 g/mol. The molecule has 0 atom stereocenters. The number of ether oxygens (including phenoxy) is 7. The molecule has 0 aliphatic carbocycles. The Labute approximate surface area is 674 Å². The summed E-state index contributed by atoms with van der Waals surface area (Å²) < 4.78 is 41.6. The number of esters is 5. The van der Waals surface area contributed by atoms with Crippen molar-refractivity contribution in [1.29, 1.82) is 0 Å². The molecule has 0 saturated heterocycles. The minimum Gasteiger partial charge on any atom is -0.505 e. The Morgan fingerprint density at radius 3 is 0.961 bits per heavy atom. The van der Waals surface area contributed by atoms with Gasteiger partial charge in [-0.2, -0.15) is 4.39 Å². The number of nitrogens with zero attached hydrogens (tertiary/aromatic N) is 5. The third-order valence-corrected chi connectivity index (χ3v) is 12.3. The second-order valence-corrected chi connectivity index (χ2v) is 23.9. The fourth-order valence-electron chi connectivity index (χ4n) is 7.80. The number of aromatic carboxylic acids is 3. The van der Waals surface area contributed by atoms with E-state index < -0.39 is 86.9 Å². The number of rotatable bonds is 10. The zero-order valence-electron chi connectivity index (χ0n) is 52.3. The number of halogens is 7. The monoisotopic (exact) mass is 2200 g/mol. The van der Waals surface area contributed by atoms with Crippen LogP contribution in [0, 0.1) is 93.3 Å². The fraction of sp³-hybridized carbons (Fsp3) is 0.125. The van der Waals surface area contributed by atoms with Crippen LogP contribution in [0.1, 0.15) is 79.5 Å². The number of aromatic nitrogens is 5. The molecule has 526 valence electrons. The van der Waals surface area contributed by atoms with Gasteiger partial charge in [0.1, 0.15) is 63.1 Å². The predicted molar refractivity (Wildman–Crippen MR) is 353 cm³/mol. The van der Waals surface area contributed by atoms with Gasteiger partial charge in [0, 0.05) is 179 Å². The van der Waals surface area contributed by atoms with Crippen LogP contribution in [0.3, 0.4) is 0 Å². The summed E-state index contributed by atoms with van der Waals surface area (Å²) in [6, 6.07) is 29.9. The van der Waals surface area contributed by atoms with E-state index in [-0.39, 0.29) is 161 Å². The quantitative estimate of drug-likeness (QED) is 0.0161. The number of phenols is 2. The molecule has 5 N–H and O–H groups in total. The first-order chi connectivity index (χ1) is 46.6. The summed E-state index contributed by atoms with van der Waals surface area (Å²) in [6.45, 7) is 3.46. The van der Waals surface area contributed by atoms with Crippen LogP contribution in [0.15, 0.2) is 152 Å². The fourth-order valence-corrected chi connectivity index (χ4v) is 8.12. The molecule has 0 aliphatic rings. The molecule has 28 nitrogen and oxygen atoms in total. The number of fused-ring (bicyclic) bond motifs is 5. The number of alkyl halides is 6. The molecule has 0 fully saturated rings. The van der Waals surface area contributed by atoms with Gasteiger partial charge < -0.3 is 58.7 Å². The van der Waals surface area contributed by atoms with Crippen LogP contribution in [0.5, 0.6) is 28.7 Å². The zero-order valence-corrected chi connectivity index (χ0v) is 69.3. The van der Waals surface area contributed by atoms with Crippen LogP contribution in [0.4, 0.5) is 14.0 Å². The van der Waals surface area contributed by atoms with Crippen molar-refractivity contribution in [2.24, 2.45) is 0 Å². The molecule has 0 saturated carbocycles. The Kier molecular flexibility index (Phi) is 37.5. The maximum absolute atomic E-state index is 12.8. The number of benzene rings is 5. The van der Waals surface area contributed by atoms with E-state index in [1.165, 1.54) is 95.1 Å². The molecule has 0 amide bonds. The summed E-state index contributed by atoms with van der Waals surface area (Å²) in [5, 5.41) is 49.0. The van der Waals surface area contributed by atoms with Crippen molar-refractivity contribution in [3.05, 3.63) is 180 Å². The van der Waals surface area contributed by atoms with Crippen LogP contribution in [0.25, 0.3) is 54.5 Å². The minimum absolute atomic E-state index is 0. The van der Waals surface area contributed by atoms with Crippen LogP contribution >= 0.6 is 69.6 Å². The standard InChI is InChI=1S/C16H9Cl6NO7.C12H8FNO3.C12H9NO4.2C10H7NO3.C4H6O3.3U/c17-15(18,19)6-27-13(25)29-11-9(4-3-8-2-1-5-23-10(8)11)12(24)30-14(26)28-7-16(20,21)22;1-7(15)17-11-9(12(13)16)5-4-8-3-2-6-14-10(8)11;1-7(14)17-11-9(12(15)16)5-4-8-3-2-6-13-10(8)11;2*12-9-7(10(13)14)4-3-6-2-1-5-11-8(6)9;1-3(5)7-4(2)6;;;/h1-5H,6-7H2;2-6H,1H3;2-6H,1H3,(H,15,16);2*1-5,12H,(H,13,14);1-2H3;;;. The van der Waals surface area contributed by atoms with Gasteiger partial charge in [0.2, 0.25) is 7.59 Å². The number of aromatic hydroxyl groups is 2. The van der Waals surface area contributed by atoms with Gasteiger partial charge in [0.05, 0.1) is 5.56 Å². The smallest absolute Gasteiger partial charge is 0.505 e. The zero-order chi connectivity index (χ0) is 73.5. The molecule has 10 aromatic rings. The Balaban J connectivity index is 0.000000432. The molecule has 0 unspecified atom stereocenters. The predicted octanol–water partition coefficient (Wildman–Crippen LogP) is 13.3. The van der Waals surface area contributed by atoms with Gasteiger partial charge in [-0.05, 0) is 60.7 Å². The van der Waals surface area contributed by atoms with Gasteiger partial charge >= 0.3 is 66.1 Å². The molecule has 5 aromatic heterocycles. The van der Waals surface area contributed by atoms with Crippen molar-refractivity contribution in [2.45, 2.75) is 35.3 Å². The summed E-state index contributed by atoms with van der Waals surface area (Å²) in [5.41, 5.74) is 0.379. The number of carboxylic acids is 3. The first kappa shape index (κ1) is 90.0. The molecule has 0 bridgehead atoms. The largest absolute Gasteiger partial charge is 0.516 e. The van der Waals surface area contributed by atoms with Gasteiger partial charge in [-0.1, -0.05) is 130 Å². The Morgan fingerprint density at radius 1 is 0.373 bits per heavy atom. The van der Waals surface area contributed by atoms with Crippen LogP contribution in [-0.2, 0) is 38.1 Å². The topological polar surface area (TPSA) is 418 Å². The molecule has 0 radical (unpaired) electrons. The van der Waals surface area contributed by atoms with Crippen LogP contribution < -0.4 is 14.2 Å². The number of pyridine rings is 5. The molecule has 10 rings (SSSR count). The van der Waals surface area contributed by atoms with Crippen LogP contribution in [0.2, 0.25) is 0 Å².